The number of anilines is 6. The Labute approximate surface area is 308 Å². The fraction of sp³-hybridized carbons (Fsp3) is 0.160. The van der Waals surface area contributed by atoms with E-state index >= 15 is 0 Å². The maximum atomic E-state index is 2.47. The van der Waals surface area contributed by atoms with Gasteiger partial charge in [0.25, 0.3) is 0 Å². The van der Waals surface area contributed by atoms with Crippen LogP contribution in [0, 0.1) is 13.8 Å². The molecular weight excluding hydrogens is 629 g/mol. The molecule has 2 heteroatoms. The van der Waals surface area contributed by atoms with Crippen molar-refractivity contribution in [3.05, 3.63) is 180 Å². The van der Waals surface area contributed by atoms with Crippen LogP contribution in [0.5, 0.6) is 0 Å². The van der Waals surface area contributed by atoms with Crippen molar-refractivity contribution in [1.82, 2.24) is 0 Å². The van der Waals surface area contributed by atoms with E-state index in [1.54, 1.807) is 0 Å². The molecule has 0 unspecified atom stereocenters. The van der Waals surface area contributed by atoms with E-state index < -0.39 is 0 Å². The topological polar surface area (TPSA) is 6.48 Å². The standard InChI is InChI=1S/C50H46N2/c1-33(2)37-19-27-43(28-20-37)51(41-23-15-35(5)16-24-41)49-45-13-9-7-11-39(45)32-48-47(49)31-40-12-8-10-14-46(40)50(48)52(42-25-17-36(6)18-26-42)44-29-21-38(22-30-44)34(3)4/h7-34H,1-6H3. The van der Waals surface area contributed by atoms with Gasteiger partial charge in [-0.15, -0.1) is 0 Å². The van der Waals surface area contributed by atoms with Gasteiger partial charge in [-0.1, -0.05) is 136 Å². The summed E-state index contributed by atoms with van der Waals surface area (Å²) in [6.07, 6.45) is 0. The van der Waals surface area contributed by atoms with Crippen LogP contribution in [-0.2, 0) is 0 Å². The van der Waals surface area contributed by atoms with Crippen molar-refractivity contribution in [3.8, 4) is 0 Å². The molecule has 0 fully saturated rings. The van der Waals surface area contributed by atoms with Crippen LogP contribution < -0.4 is 9.80 Å². The molecule has 0 heterocycles. The number of fused-ring (bicyclic) bond motifs is 3. The average Bonchev–Trinajstić information content (AvgIpc) is 3.16. The lowest BCUT2D eigenvalue weighted by Gasteiger charge is -2.32. The molecule has 0 aliphatic carbocycles. The van der Waals surface area contributed by atoms with Gasteiger partial charge in [-0.3, -0.25) is 0 Å². The molecule has 0 saturated heterocycles. The second kappa shape index (κ2) is 13.7. The Kier molecular flexibility index (Phi) is 8.77. The Bertz CT molecular complexity index is 2330. The van der Waals surface area contributed by atoms with Gasteiger partial charge in [-0.25, -0.2) is 0 Å². The summed E-state index contributed by atoms with van der Waals surface area (Å²) in [7, 11) is 0. The van der Waals surface area contributed by atoms with Crippen LogP contribution in [0.15, 0.2) is 158 Å². The Morgan fingerprint density at radius 2 is 0.654 bits per heavy atom. The number of benzene rings is 8. The Morgan fingerprint density at radius 3 is 0.981 bits per heavy atom. The number of nitrogens with zero attached hydrogens (tertiary/aromatic N) is 2. The van der Waals surface area contributed by atoms with Crippen molar-refractivity contribution in [2.75, 3.05) is 9.80 Å². The molecule has 0 atom stereocenters. The van der Waals surface area contributed by atoms with Crippen molar-refractivity contribution in [1.29, 1.82) is 0 Å². The molecule has 0 aromatic heterocycles. The molecule has 8 aromatic rings. The largest absolute Gasteiger partial charge is 0.309 e. The van der Waals surface area contributed by atoms with Crippen LogP contribution in [0.4, 0.5) is 34.1 Å². The minimum Gasteiger partial charge on any atom is -0.309 e. The first-order valence-corrected chi connectivity index (χ1v) is 18.6. The summed E-state index contributed by atoms with van der Waals surface area (Å²) in [5.74, 6) is 0.910. The Balaban J connectivity index is 1.51. The number of hydrogen-bond acceptors (Lipinski definition) is 2. The number of rotatable bonds is 8. The van der Waals surface area contributed by atoms with Crippen molar-refractivity contribution < 1.29 is 0 Å². The summed E-state index contributed by atoms with van der Waals surface area (Å²) in [5, 5.41) is 7.25. The van der Waals surface area contributed by atoms with Gasteiger partial charge in [0.05, 0.1) is 11.4 Å². The highest BCUT2D eigenvalue weighted by Crippen LogP contribution is 2.50. The van der Waals surface area contributed by atoms with E-state index in [4.69, 9.17) is 0 Å². The van der Waals surface area contributed by atoms with E-state index in [-0.39, 0.29) is 0 Å². The Hall–Kier alpha value is -5.86. The summed E-state index contributed by atoms with van der Waals surface area (Å²) in [6, 6.07) is 58.8. The van der Waals surface area contributed by atoms with E-state index in [9.17, 15) is 0 Å². The first-order chi connectivity index (χ1) is 25.3. The predicted molar refractivity (Wildman–Crippen MR) is 226 cm³/mol. The molecule has 256 valence electrons. The van der Waals surface area contributed by atoms with Crippen LogP contribution in [-0.4, -0.2) is 0 Å². The zero-order valence-electron chi connectivity index (χ0n) is 31.1. The van der Waals surface area contributed by atoms with E-state index in [1.165, 1.54) is 65.9 Å². The molecule has 0 saturated carbocycles. The highest BCUT2D eigenvalue weighted by molar-refractivity contribution is 6.23. The summed E-state index contributed by atoms with van der Waals surface area (Å²) in [4.78, 5) is 4.95. The molecule has 0 aliphatic heterocycles. The molecule has 52 heavy (non-hydrogen) atoms. The fourth-order valence-electron chi connectivity index (χ4n) is 7.53. The predicted octanol–water partition coefficient (Wildman–Crippen LogP) is 14.9. The van der Waals surface area contributed by atoms with Crippen molar-refractivity contribution in [3.63, 3.8) is 0 Å². The third kappa shape index (κ3) is 6.09. The molecule has 0 bridgehead atoms. The van der Waals surface area contributed by atoms with Gasteiger partial charge in [-0.2, -0.15) is 0 Å². The number of aryl methyl sites for hydroxylation is 2. The molecule has 8 aromatic carbocycles. The average molecular weight is 675 g/mol. The van der Waals surface area contributed by atoms with E-state index in [0.29, 0.717) is 11.8 Å². The van der Waals surface area contributed by atoms with Crippen molar-refractivity contribution in [2.24, 2.45) is 0 Å². The maximum absolute atomic E-state index is 2.47. The minimum atomic E-state index is 0.455. The zero-order chi connectivity index (χ0) is 35.9. The van der Waals surface area contributed by atoms with Crippen molar-refractivity contribution in [2.45, 2.75) is 53.4 Å². The first-order valence-electron chi connectivity index (χ1n) is 18.6. The monoisotopic (exact) mass is 674 g/mol. The third-order valence-corrected chi connectivity index (χ3v) is 10.5. The quantitative estimate of drug-likeness (QED) is 0.148. The summed E-state index contributed by atoms with van der Waals surface area (Å²) >= 11 is 0. The van der Waals surface area contributed by atoms with E-state index in [0.717, 1.165) is 22.7 Å². The molecule has 0 aliphatic rings. The molecular formula is C50H46N2. The lowest BCUT2D eigenvalue weighted by molar-refractivity contribution is 0.866. The second-order valence-corrected chi connectivity index (χ2v) is 14.8. The van der Waals surface area contributed by atoms with Gasteiger partial charge in [0.15, 0.2) is 0 Å². The van der Waals surface area contributed by atoms with Crippen molar-refractivity contribution >= 4 is 66.4 Å². The van der Waals surface area contributed by atoms with Gasteiger partial charge in [-0.05, 0) is 108 Å². The molecule has 8 rings (SSSR count). The van der Waals surface area contributed by atoms with Gasteiger partial charge >= 0.3 is 0 Å². The summed E-state index contributed by atoms with van der Waals surface area (Å²) < 4.78 is 0. The van der Waals surface area contributed by atoms with E-state index in [2.05, 4.69) is 209 Å². The van der Waals surface area contributed by atoms with Crippen LogP contribution in [0.3, 0.4) is 0 Å². The smallest absolute Gasteiger partial charge is 0.0619 e. The normalized spacial score (nSPS) is 11.6. The molecule has 0 amide bonds. The third-order valence-electron chi connectivity index (χ3n) is 10.5. The first kappa shape index (κ1) is 33.3. The zero-order valence-corrected chi connectivity index (χ0v) is 31.1. The highest BCUT2D eigenvalue weighted by Gasteiger charge is 2.25. The fourth-order valence-corrected chi connectivity index (χ4v) is 7.53. The van der Waals surface area contributed by atoms with Gasteiger partial charge in [0.1, 0.15) is 0 Å². The molecule has 0 spiro atoms. The maximum Gasteiger partial charge on any atom is 0.0619 e. The lowest BCUT2D eigenvalue weighted by atomic mass is 9.93. The molecule has 0 N–H and O–H groups in total. The van der Waals surface area contributed by atoms with Gasteiger partial charge in [0, 0.05) is 44.3 Å². The molecule has 0 radical (unpaired) electrons. The SMILES string of the molecule is Cc1ccc(N(c2ccc(C(C)C)cc2)c2c3ccccc3cc3c(N(c4ccc(C)cc4)c4ccc(C(C)C)cc4)c4ccccc4cc23)cc1. The highest BCUT2D eigenvalue weighted by atomic mass is 15.2. The van der Waals surface area contributed by atoms with E-state index in [1.807, 2.05) is 0 Å². The minimum absolute atomic E-state index is 0.455. The van der Waals surface area contributed by atoms with Gasteiger partial charge in [0.2, 0.25) is 0 Å². The summed E-state index contributed by atoms with van der Waals surface area (Å²) in [6.45, 7) is 13.3. The van der Waals surface area contributed by atoms with Crippen LogP contribution in [0.2, 0.25) is 0 Å². The summed E-state index contributed by atoms with van der Waals surface area (Å²) in [5.41, 5.74) is 12.1. The van der Waals surface area contributed by atoms with Crippen LogP contribution in [0.1, 0.15) is 61.8 Å². The second-order valence-electron chi connectivity index (χ2n) is 14.8. The lowest BCUT2D eigenvalue weighted by Crippen LogP contribution is -2.14. The van der Waals surface area contributed by atoms with Crippen LogP contribution >= 0.6 is 0 Å². The Morgan fingerprint density at radius 1 is 0.346 bits per heavy atom. The molecule has 2 nitrogen and oxygen atoms in total. The van der Waals surface area contributed by atoms with Crippen LogP contribution in [0.25, 0.3) is 32.3 Å². The number of hydrogen-bond donors (Lipinski definition) is 0. The van der Waals surface area contributed by atoms with Gasteiger partial charge < -0.3 is 9.80 Å².